The zero-order chi connectivity index (χ0) is 17.3. The molecule has 7 atom stereocenters. The van der Waals surface area contributed by atoms with E-state index >= 15 is 0 Å². The van der Waals surface area contributed by atoms with Crippen LogP contribution in [0.15, 0.2) is 11.6 Å². The maximum Gasteiger partial charge on any atom is 0.139 e. The Kier molecular flexibility index (Phi) is 3.62. The van der Waals surface area contributed by atoms with Crippen molar-refractivity contribution in [2.75, 3.05) is 0 Å². The van der Waals surface area contributed by atoms with Gasteiger partial charge in [-0.25, -0.2) is 0 Å². The summed E-state index contributed by atoms with van der Waals surface area (Å²) in [4.78, 5) is 24.9. The maximum absolute atomic E-state index is 12.5. The second kappa shape index (κ2) is 5.27. The Hall–Kier alpha value is -0.960. The van der Waals surface area contributed by atoms with E-state index in [2.05, 4.69) is 19.9 Å². The normalized spacial score (nSPS) is 50.6. The second-order valence-electron chi connectivity index (χ2n) is 9.30. The number of hydrogen-bond donors (Lipinski definition) is 1. The molecule has 3 heteroatoms. The van der Waals surface area contributed by atoms with Crippen molar-refractivity contribution in [1.82, 2.24) is 0 Å². The number of Topliss-reactive ketones (excluding diaryl/α,β-unsaturated/α-hetero) is 2. The molecule has 0 radical (unpaired) electrons. The van der Waals surface area contributed by atoms with Crippen LogP contribution in [0.4, 0.5) is 0 Å². The lowest BCUT2D eigenvalue weighted by atomic mass is 9.45. The van der Waals surface area contributed by atoms with E-state index in [-0.39, 0.29) is 28.6 Å². The molecular formula is C21H30O3. The molecule has 0 aliphatic heterocycles. The van der Waals surface area contributed by atoms with Crippen molar-refractivity contribution in [3.8, 4) is 0 Å². The predicted molar refractivity (Wildman–Crippen MR) is 92.3 cm³/mol. The van der Waals surface area contributed by atoms with E-state index in [0.717, 1.165) is 38.5 Å². The fraction of sp³-hybridized carbons (Fsp3) is 0.810. The van der Waals surface area contributed by atoms with E-state index < -0.39 is 0 Å². The van der Waals surface area contributed by atoms with Crippen LogP contribution in [0.25, 0.3) is 0 Å². The van der Waals surface area contributed by atoms with Crippen molar-refractivity contribution in [3.63, 3.8) is 0 Å². The van der Waals surface area contributed by atoms with Gasteiger partial charge in [0.05, 0.1) is 6.10 Å². The van der Waals surface area contributed by atoms with Gasteiger partial charge in [-0.1, -0.05) is 25.5 Å². The minimum Gasteiger partial charge on any atom is -0.393 e. The maximum atomic E-state index is 12.5. The number of hydrogen-bond acceptors (Lipinski definition) is 3. The Morgan fingerprint density at radius 2 is 2.00 bits per heavy atom. The fourth-order valence-electron chi connectivity index (χ4n) is 7.10. The number of aliphatic hydroxyl groups excluding tert-OH is 1. The lowest BCUT2D eigenvalue weighted by molar-refractivity contribution is -0.139. The van der Waals surface area contributed by atoms with Gasteiger partial charge in [-0.3, -0.25) is 9.59 Å². The third kappa shape index (κ3) is 2.00. The van der Waals surface area contributed by atoms with Crippen molar-refractivity contribution >= 4 is 11.6 Å². The van der Waals surface area contributed by atoms with E-state index in [4.69, 9.17) is 0 Å². The summed E-state index contributed by atoms with van der Waals surface area (Å²) in [5.41, 5.74) is 1.08. The summed E-state index contributed by atoms with van der Waals surface area (Å²) in [6, 6.07) is 0. The number of fused-ring (bicyclic) bond motifs is 5. The molecule has 0 saturated heterocycles. The number of ketones is 2. The summed E-state index contributed by atoms with van der Waals surface area (Å²) >= 11 is 0. The van der Waals surface area contributed by atoms with E-state index in [9.17, 15) is 14.7 Å². The third-order valence-corrected chi connectivity index (χ3v) is 8.42. The molecule has 0 aromatic rings. The highest BCUT2D eigenvalue weighted by Gasteiger charge is 2.61. The van der Waals surface area contributed by atoms with Crippen LogP contribution in [0, 0.1) is 34.5 Å². The molecule has 0 aromatic heterocycles. The Morgan fingerprint density at radius 3 is 2.71 bits per heavy atom. The van der Waals surface area contributed by atoms with E-state index in [0.29, 0.717) is 30.0 Å². The molecule has 1 unspecified atom stereocenters. The first-order valence-corrected chi connectivity index (χ1v) is 9.69. The van der Waals surface area contributed by atoms with Gasteiger partial charge in [0.25, 0.3) is 0 Å². The average Bonchev–Trinajstić information content (AvgIpc) is 2.83. The summed E-state index contributed by atoms with van der Waals surface area (Å²) < 4.78 is 0. The van der Waals surface area contributed by atoms with E-state index in [1.807, 2.05) is 0 Å². The minimum absolute atomic E-state index is 0.0678. The number of carbonyl (C=O) groups is 2. The Labute approximate surface area is 144 Å². The highest BCUT2D eigenvalue weighted by Crippen LogP contribution is 2.65. The van der Waals surface area contributed by atoms with Crippen molar-refractivity contribution in [3.05, 3.63) is 11.6 Å². The molecule has 132 valence electrons. The fourth-order valence-corrected chi connectivity index (χ4v) is 7.10. The Balaban J connectivity index is 1.76. The smallest absolute Gasteiger partial charge is 0.139 e. The first-order valence-electron chi connectivity index (χ1n) is 9.69. The molecule has 4 rings (SSSR count). The van der Waals surface area contributed by atoms with Crippen LogP contribution in [0.3, 0.4) is 0 Å². The zero-order valence-corrected chi connectivity index (χ0v) is 15.2. The van der Waals surface area contributed by atoms with Gasteiger partial charge >= 0.3 is 0 Å². The molecule has 0 aromatic carbocycles. The standard InChI is InChI=1S/C21H30O3/c1-12(22)18-11-14(23)10-13-4-5-15-16-6-7-19(24)20(16,2)9-8-17(15)21(13,18)3/h4,14-18,23H,5-11H2,1-3H3/t14-,15+,16+,17+,18?,20+,21+/m1/s1. The molecular weight excluding hydrogens is 300 g/mol. The number of carbonyl (C=O) groups excluding carboxylic acids is 2. The highest BCUT2D eigenvalue weighted by molar-refractivity contribution is 5.87. The van der Waals surface area contributed by atoms with E-state index in [1.54, 1.807) is 6.92 Å². The number of allylic oxidation sites excluding steroid dienone is 1. The summed E-state index contributed by atoms with van der Waals surface area (Å²) in [5.74, 6) is 2.12. The van der Waals surface area contributed by atoms with Gasteiger partial charge in [-0.05, 0) is 63.2 Å². The van der Waals surface area contributed by atoms with Crippen LogP contribution in [0.1, 0.15) is 65.7 Å². The third-order valence-electron chi connectivity index (χ3n) is 8.42. The van der Waals surface area contributed by atoms with Gasteiger partial charge < -0.3 is 5.11 Å². The lowest BCUT2D eigenvalue weighted by Gasteiger charge is -2.59. The zero-order valence-electron chi connectivity index (χ0n) is 15.2. The number of aliphatic hydroxyl groups is 1. The quantitative estimate of drug-likeness (QED) is 0.746. The molecule has 0 spiro atoms. The van der Waals surface area contributed by atoms with Crippen LogP contribution in [-0.2, 0) is 9.59 Å². The molecule has 3 nitrogen and oxygen atoms in total. The molecule has 0 bridgehead atoms. The summed E-state index contributed by atoms with van der Waals surface area (Å²) in [7, 11) is 0. The predicted octanol–water partition coefficient (Wildman–Crippen LogP) is 3.69. The molecule has 0 heterocycles. The minimum atomic E-state index is -0.378. The summed E-state index contributed by atoms with van der Waals surface area (Å²) in [5, 5.41) is 10.3. The topological polar surface area (TPSA) is 54.4 Å². The molecule has 3 fully saturated rings. The molecule has 24 heavy (non-hydrogen) atoms. The Bertz CT molecular complexity index is 621. The van der Waals surface area contributed by atoms with Crippen LogP contribution >= 0.6 is 0 Å². The molecule has 3 saturated carbocycles. The molecule has 4 aliphatic rings. The number of rotatable bonds is 1. The van der Waals surface area contributed by atoms with Crippen LogP contribution in [0.5, 0.6) is 0 Å². The van der Waals surface area contributed by atoms with Crippen LogP contribution < -0.4 is 0 Å². The first-order chi connectivity index (χ1) is 11.3. The lowest BCUT2D eigenvalue weighted by Crippen LogP contribution is -2.55. The van der Waals surface area contributed by atoms with Gasteiger partial charge in [-0.2, -0.15) is 0 Å². The van der Waals surface area contributed by atoms with Gasteiger partial charge in [0.1, 0.15) is 11.6 Å². The monoisotopic (exact) mass is 330 g/mol. The second-order valence-corrected chi connectivity index (χ2v) is 9.30. The Morgan fingerprint density at radius 1 is 1.25 bits per heavy atom. The van der Waals surface area contributed by atoms with Crippen molar-refractivity contribution < 1.29 is 14.7 Å². The van der Waals surface area contributed by atoms with E-state index in [1.165, 1.54) is 5.57 Å². The van der Waals surface area contributed by atoms with Crippen molar-refractivity contribution in [1.29, 1.82) is 0 Å². The van der Waals surface area contributed by atoms with Crippen LogP contribution in [0.2, 0.25) is 0 Å². The SMILES string of the molecule is CC(=O)C1C[C@H](O)CC2=CC[C@H]3[C@@H]4CCC(=O)[C@@]4(C)CC[C@@H]3[C@]21C. The molecule has 0 amide bonds. The van der Waals surface area contributed by atoms with Gasteiger partial charge in [0.2, 0.25) is 0 Å². The van der Waals surface area contributed by atoms with Gasteiger partial charge in [-0.15, -0.1) is 0 Å². The van der Waals surface area contributed by atoms with Crippen LogP contribution in [-0.4, -0.2) is 22.8 Å². The summed E-state index contributed by atoms with van der Waals surface area (Å²) in [6.07, 6.45) is 8.11. The highest BCUT2D eigenvalue weighted by atomic mass is 16.3. The summed E-state index contributed by atoms with van der Waals surface area (Å²) in [6.45, 7) is 6.17. The van der Waals surface area contributed by atoms with Gasteiger partial charge in [0.15, 0.2) is 0 Å². The largest absolute Gasteiger partial charge is 0.393 e. The van der Waals surface area contributed by atoms with Gasteiger partial charge in [0, 0.05) is 23.2 Å². The average molecular weight is 330 g/mol. The van der Waals surface area contributed by atoms with Crippen molar-refractivity contribution in [2.45, 2.75) is 71.8 Å². The molecule has 1 N–H and O–H groups in total. The van der Waals surface area contributed by atoms with Crippen molar-refractivity contribution in [2.24, 2.45) is 34.5 Å². The molecule has 4 aliphatic carbocycles. The first kappa shape index (κ1) is 16.5.